The van der Waals surface area contributed by atoms with Gasteiger partial charge >= 0.3 is 11.7 Å². The number of hydrogen-bond acceptors (Lipinski definition) is 6. The van der Waals surface area contributed by atoms with Crippen LogP contribution in [0.2, 0.25) is 0 Å². The van der Waals surface area contributed by atoms with Crippen LogP contribution in [0.5, 0.6) is 5.88 Å². The predicted octanol–water partition coefficient (Wildman–Crippen LogP) is -1.96. The molecule has 20 heavy (non-hydrogen) atoms. The summed E-state index contributed by atoms with van der Waals surface area (Å²) in [6.45, 7) is 1.23. The van der Waals surface area contributed by atoms with Gasteiger partial charge in [0, 0.05) is 20.3 Å². The van der Waals surface area contributed by atoms with Crippen LogP contribution >= 0.6 is 0 Å². The molecule has 9 nitrogen and oxygen atoms in total. The van der Waals surface area contributed by atoms with E-state index in [0.717, 1.165) is 15.3 Å². The summed E-state index contributed by atoms with van der Waals surface area (Å²) >= 11 is 0. The van der Waals surface area contributed by atoms with Gasteiger partial charge in [0.2, 0.25) is 5.88 Å². The topological polar surface area (TPSA) is 134 Å². The number of nitrogens with zero attached hydrogens (tertiary/aromatic N) is 3. The highest BCUT2D eigenvalue weighted by Crippen LogP contribution is 2.07. The fourth-order valence-electron chi connectivity index (χ4n) is 1.52. The maximum atomic E-state index is 11.8. The lowest BCUT2D eigenvalue weighted by Gasteiger charge is -2.11. The van der Waals surface area contributed by atoms with Crippen molar-refractivity contribution in [2.24, 2.45) is 19.1 Å². The number of aliphatic hydroxyl groups excluding tert-OH is 1. The lowest BCUT2D eigenvalue weighted by Crippen LogP contribution is -2.39. The Morgan fingerprint density at radius 2 is 1.85 bits per heavy atom. The van der Waals surface area contributed by atoms with Crippen LogP contribution < -0.4 is 11.2 Å². The second kappa shape index (κ2) is 5.70. The molecule has 1 rings (SSSR count). The maximum absolute atomic E-state index is 11.8. The molecule has 110 valence electrons. The molecule has 0 aliphatic rings. The highest BCUT2D eigenvalue weighted by atomic mass is 16.4. The molecule has 0 bridgehead atoms. The average Bonchev–Trinajstić information content (AvgIpc) is 2.37. The van der Waals surface area contributed by atoms with Crippen LogP contribution in [0.15, 0.2) is 14.6 Å². The number of aromatic nitrogens is 2. The summed E-state index contributed by atoms with van der Waals surface area (Å²) in [6.07, 6.45) is -0.440. The van der Waals surface area contributed by atoms with Crippen LogP contribution in [-0.4, -0.2) is 48.8 Å². The molecule has 1 aromatic rings. The fraction of sp³-hybridized carbons (Fsp3) is 0.455. The summed E-state index contributed by atoms with van der Waals surface area (Å²) in [6, 6.07) is -1.48. The second-order valence-electron chi connectivity index (χ2n) is 4.24. The fourth-order valence-corrected chi connectivity index (χ4v) is 1.52. The Morgan fingerprint density at radius 3 is 2.30 bits per heavy atom. The van der Waals surface area contributed by atoms with Crippen molar-refractivity contribution in [2.45, 2.75) is 19.1 Å². The van der Waals surface area contributed by atoms with Crippen molar-refractivity contribution in [1.82, 2.24) is 9.13 Å². The first-order chi connectivity index (χ1) is 9.18. The second-order valence-corrected chi connectivity index (χ2v) is 4.24. The minimum Gasteiger partial charge on any atom is -0.494 e. The van der Waals surface area contributed by atoms with Crippen LogP contribution in [0.4, 0.5) is 0 Å². The first kappa shape index (κ1) is 15.6. The van der Waals surface area contributed by atoms with Gasteiger partial charge in [0.15, 0.2) is 6.04 Å². The number of carbonyl (C=O) groups is 1. The number of rotatable bonds is 4. The van der Waals surface area contributed by atoms with E-state index >= 15 is 0 Å². The zero-order chi connectivity index (χ0) is 15.6. The Balaban J connectivity index is 3.40. The molecule has 0 aromatic carbocycles. The van der Waals surface area contributed by atoms with Gasteiger partial charge in [-0.25, -0.2) is 9.59 Å². The number of carboxylic acids is 1. The zero-order valence-corrected chi connectivity index (χ0v) is 11.1. The molecular weight excluding hydrogens is 270 g/mol. The average molecular weight is 285 g/mol. The molecule has 9 heteroatoms. The van der Waals surface area contributed by atoms with E-state index in [1.54, 1.807) is 0 Å². The predicted molar refractivity (Wildman–Crippen MR) is 69.3 cm³/mol. The minimum absolute atomic E-state index is 0.332. The normalized spacial score (nSPS) is 14.4. The van der Waals surface area contributed by atoms with Crippen molar-refractivity contribution in [3.63, 3.8) is 0 Å². The molecule has 0 saturated carbocycles. The monoisotopic (exact) mass is 285 g/mol. The highest BCUT2D eigenvalue weighted by Gasteiger charge is 2.22. The van der Waals surface area contributed by atoms with E-state index in [4.69, 9.17) is 5.11 Å². The zero-order valence-electron chi connectivity index (χ0n) is 11.1. The molecule has 2 atom stereocenters. The van der Waals surface area contributed by atoms with Crippen molar-refractivity contribution in [2.75, 3.05) is 0 Å². The molecule has 0 fully saturated rings. The summed E-state index contributed by atoms with van der Waals surface area (Å²) in [5.74, 6) is -2.01. The van der Waals surface area contributed by atoms with Crippen LogP contribution in [0.1, 0.15) is 12.5 Å². The van der Waals surface area contributed by atoms with Gasteiger partial charge in [0.1, 0.15) is 5.56 Å². The Labute approximate surface area is 113 Å². The lowest BCUT2D eigenvalue weighted by molar-refractivity contribution is -0.140. The van der Waals surface area contributed by atoms with Gasteiger partial charge in [-0.3, -0.25) is 18.9 Å². The highest BCUT2D eigenvalue weighted by molar-refractivity contribution is 5.85. The third-order valence-corrected chi connectivity index (χ3v) is 2.74. The van der Waals surface area contributed by atoms with Crippen molar-refractivity contribution in [1.29, 1.82) is 0 Å². The molecule has 0 aliphatic carbocycles. The molecule has 0 amide bonds. The number of aliphatic carboxylic acids is 1. The van der Waals surface area contributed by atoms with Crippen molar-refractivity contribution >= 4 is 12.2 Å². The summed E-state index contributed by atoms with van der Waals surface area (Å²) in [7, 11) is 2.46. The van der Waals surface area contributed by atoms with E-state index in [1.165, 1.54) is 21.0 Å². The number of aliphatic imine (C=N–C) groups is 1. The van der Waals surface area contributed by atoms with E-state index in [-0.39, 0.29) is 5.56 Å². The number of aliphatic hydroxyl groups is 1. The summed E-state index contributed by atoms with van der Waals surface area (Å²) in [5, 5.41) is 27.8. The van der Waals surface area contributed by atoms with Gasteiger partial charge in [-0.2, -0.15) is 0 Å². The van der Waals surface area contributed by atoms with E-state index in [9.17, 15) is 24.6 Å². The van der Waals surface area contributed by atoms with Gasteiger partial charge in [0.25, 0.3) is 5.56 Å². The molecule has 0 spiro atoms. The van der Waals surface area contributed by atoms with Gasteiger partial charge in [-0.1, -0.05) is 0 Å². The summed E-state index contributed by atoms with van der Waals surface area (Å²) in [5.41, 5.74) is -1.87. The van der Waals surface area contributed by atoms with Gasteiger partial charge in [-0.15, -0.1) is 0 Å². The van der Waals surface area contributed by atoms with Gasteiger partial charge in [-0.05, 0) is 6.92 Å². The smallest absolute Gasteiger partial charge is 0.333 e. The molecule has 1 aromatic heterocycles. The summed E-state index contributed by atoms with van der Waals surface area (Å²) < 4.78 is 1.57. The quantitative estimate of drug-likeness (QED) is 0.550. The van der Waals surface area contributed by atoms with E-state index in [1.807, 2.05) is 0 Å². The third kappa shape index (κ3) is 2.77. The molecule has 0 unspecified atom stereocenters. The largest absolute Gasteiger partial charge is 0.494 e. The maximum Gasteiger partial charge on any atom is 0.333 e. The Morgan fingerprint density at radius 1 is 1.30 bits per heavy atom. The van der Waals surface area contributed by atoms with Crippen molar-refractivity contribution < 1.29 is 20.1 Å². The first-order valence-electron chi connectivity index (χ1n) is 5.61. The van der Waals surface area contributed by atoms with Crippen LogP contribution in [-0.2, 0) is 18.9 Å². The molecule has 0 aliphatic heterocycles. The molecule has 1 heterocycles. The molecule has 0 saturated heterocycles. The summed E-state index contributed by atoms with van der Waals surface area (Å²) in [4.78, 5) is 37.7. The first-order valence-corrected chi connectivity index (χ1v) is 5.61. The van der Waals surface area contributed by atoms with Crippen molar-refractivity contribution in [3.05, 3.63) is 26.4 Å². The van der Waals surface area contributed by atoms with Gasteiger partial charge in [0.05, 0.1) is 6.10 Å². The van der Waals surface area contributed by atoms with Crippen LogP contribution in [0.25, 0.3) is 0 Å². The van der Waals surface area contributed by atoms with E-state index in [0.29, 0.717) is 0 Å². The van der Waals surface area contributed by atoms with Gasteiger partial charge < -0.3 is 15.3 Å². The van der Waals surface area contributed by atoms with Crippen LogP contribution in [0.3, 0.4) is 0 Å². The number of hydrogen-bond donors (Lipinski definition) is 3. The van der Waals surface area contributed by atoms with E-state index in [2.05, 4.69) is 4.99 Å². The molecular formula is C11H15N3O6. The molecule has 3 N–H and O–H groups in total. The SMILES string of the molecule is C[C@H](O)[C@@H](N=Cc1c(O)n(C)c(=O)n(C)c1=O)C(=O)O. The Kier molecular flexibility index (Phi) is 4.45. The number of carboxylic acid groups (broad SMARTS) is 1. The van der Waals surface area contributed by atoms with E-state index < -0.39 is 35.2 Å². The third-order valence-electron chi connectivity index (χ3n) is 2.74. The van der Waals surface area contributed by atoms with Crippen LogP contribution in [0, 0.1) is 0 Å². The molecule has 0 radical (unpaired) electrons. The Hall–Kier alpha value is -2.42. The van der Waals surface area contributed by atoms with Crippen molar-refractivity contribution in [3.8, 4) is 5.88 Å². The minimum atomic E-state index is -1.48. The lowest BCUT2D eigenvalue weighted by atomic mass is 10.2. The number of aromatic hydroxyl groups is 1. The Bertz CT molecular complexity index is 670. The standard InChI is InChI=1S/C11H15N3O6/c1-5(15)7(10(18)19)12-4-6-8(16)13(2)11(20)14(3)9(6)17/h4-5,7,15-16H,1-3H3,(H,18,19)/t5-,7+/m0/s1.